The minimum atomic E-state index is 0.852. The van der Waals surface area contributed by atoms with Crippen molar-refractivity contribution in [3.63, 3.8) is 0 Å². The molecule has 1 rings (SSSR count). The van der Waals surface area contributed by atoms with E-state index in [1.165, 1.54) is 0 Å². The molecular weight excluding hydrogens is 202 g/mol. The van der Waals surface area contributed by atoms with E-state index in [0.29, 0.717) is 0 Å². The third kappa shape index (κ3) is 5.68. The van der Waals surface area contributed by atoms with Gasteiger partial charge in [-0.1, -0.05) is 18.7 Å². The van der Waals surface area contributed by atoms with E-state index in [1.807, 2.05) is 13.0 Å². The number of morpholine rings is 1. The van der Waals surface area contributed by atoms with E-state index in [2.05, 4.69) is 22.0 Å². The van der Waals surface area contributed by atoms with Gasteiger partial charge < -0.3 is 10.2 Å². The van der Waals surface area contributed by atoms with Crippen LogP contribution in [0.3, 0.4) is 0 Å². The molecule has 0 atom stereocenters. The van der Waals surface area contributed by atoms with Gasteiger partial charge in [0.1, 0.15) is 0 Å². The maximum absolute atomic E-state index is 5.28. The second kappa shape index (κ2) is 8.07. The van der Waals surface area contributed by atoms with E-state index in [1.54, 1.807) is 12.3 Å². The molecule has 0 aromatic rings. The normalized spacial score (nSPS) is 18.9. The first-order valence-corrected chi connectivity index (χ1v) is 5.68. The van der Waals surface area contributed by atoms with Crippen LogP contribution in [0.2, 0.25) is 0 Å². The Morgan fingerprint density at radius 2 is 2.25 bits per heavy atom. The van der Waals surface area contributed by atoms with Gasteiger partial charge >= 0.3 is 0 Å². The summed E-state index contributed by atoms with van der Waals surface area (Å²) in [5.74, 6) is 0. The van der Waals surface area contributed by atoms with Gasteiger partial charge in [-0.05, 0) is 12.5 Å². The largest absolute Gasteiger partial charge is 0.379 e. The minimum absolute atomic E-state index is 0.852. The Balaban J connectivity index is 2.06. The Labute approximate surface area is 97.7 Å². The SMILES string of the molecule is C=C/C=C(C)\C=N/NCCN1CCOCC1. The van der Waals surface area contributed by atoms with Crippen LogP contribution in [0, 0.1) is 0 Å². The molecule has 0 amide bonds. The van der Waals surface area contributed by atoms with Crippen molar-refractivity contribution in [3.8, 4) is 0 Å². The van der Waals surface area contributed by atoms with Crippen LogP contribution in [-0.4, -0.2) is 50.5 Å². The molecule has 0 saturated carbocycles. The molecule has 0 unspecified atom stereocenters. The quantitative estimate of drug-likeness (QED) is 0.316. The lowest BCUT2D eigenvalue weighted by atomic mass is 10.3. The molecular formula is C12H21N3O. The predicted molar refractivity (Wildman–Crippen MR) is 67.7 cm³/mol. The highest BCUT2D eigenvalue weighted by Crippen LogP contribution is 1.94. The van der Waals surface area contributed by atoms with Crippen LogP contribution in [0.4, 0.5) is 0 Å². The fraction of sp³-hybridized carbons (Fsp3) is 0.583. The first-order chi connectivity index (χ1) is 7.83. The molecule has 90 valence electrons. The van der Waals surface area contributed by atoms with E-state index in [0.717, 1.165) is 45.0 Å². The van der Waals surface area contributed by atoms with Gasteiger partial charge in [-0.15, -0.1) is 0 Å². The van der Waals surface area contributed by atoms with Gasteiger partial charge in [0.2, 0.25) is 0 Å². The average Bonchev–Trinajstić information content (AvgIpc) is 2.30. The van der Waals surface area contributed by atoms with Crippen molar-refractivity contribution in [2.45, 2.75) is 6.92 Å². The lowest BCUT2D eigenvalue weighted by Crippen LogP contribution is -2.39. The smallest absolute Gasteiger partial charge is 0.0594 e. The zero-order valence-electron chi connectivity index (χ0n) is 9.98. The van der Waals surface area contributed by atoms with Crippen molar-refractivity contribution in [2.24, 2.45) is 5.10 Å². The molecule has 0 spiro atoms. The van der Waals surface area contributed by atoms with Crippen molar-refractivity contribution < 1.29 is 4.74 Å². The zero-order valence-corrected chi connectivity index (χ0v) is 9.98. The summed E-state index contributed by atoms with van der Waals surface area (Å²) in [7, 11) is 0. The molecule has 0 aliphatic carbocycles. The van der Waals surface area contributed by atoms with Crippen molar-refractivity contribution >= 4 is 6.21 Å². The maximum Gasteiger partial charge on any atom is 0.0594 e. The van der Waals surface area contributed by atoms with Crippen molar-refractivity contribution in [1.29, 1.82) is 0 Å². The van der Waals surface area contributed by atoms with Crippen LogP contribution >= 0.6 is 0 Å². The van der Waals surface area contributed by atoms with Crippen LogP contribution in [0.25, 0.3) is 0 Å². The first kappa shape index (κ1) is 12.9. The number of rotatable bonds is 6. The summed E-state index contributed by atoms with van der Waals surface area (Å²) in [6.45, 7) is 11.3. The minimum Gasteiger partial charge on any atom is -0.379 e. The van der Waals surface area contributed by atoms with E-state index < -0.39 is 0 Å². The summed E-state index contributed by atoms with van der Waals surface area (Å²) >= 11 is 0. The number of allylic oxidation sites excluding steroid dienone is 3. The van der Waals surface area contributed by atoms with Gasteiger partial charge in [0, 0.05) is 32.4 Å². The number of ether oxygens (including phenoxy) is 1. The van der Waals surface area contributed by atoms with Gasteiger partial charge in [0.15, 0.2) is 0 Å². The molecule has 0 aromatic carbocycles. The molecule has 1 N–H and O–H groups in total. The highest BCUT2D eigenvalue weighted by Gasteiger charge is 2.08. The number of hydrogen-bond acceptors (Lipinski definition) is 4. The summed E-state index contributed by atoms with van der Waals surface area (Å²) < 4.78 is 5.28. The Kier molecular flexibility index (Phi) is 6.53. The number of nitrogens with one attached hydrogen (secondary N) is 1. The maximum atomic E-state index is 5.28. The number of nitrogens with zero attached hydrogens (tertiary/aromatic N) is 2. The lowest BCUT2D eigenvalue weighted by Gasteiger charge is -2.26. The molecule has 1 saturated heterocycles. The number of hydrazone groups is 1. The highest BCUT2D eigenvalue weighted by atomic mass is 16.5. The van der Waals surface area contributed by atoms with E-state index in [-0.39, 0.29) is 0 Å². The summed E-state index contributed by atoms with van der Waals surface area (Å²) in [5, 5.41) is 4.13. The summed E-state index contributed by atoms with van der Waals surface area (Å²) in [6.07, 6.45) is 5.49. The molecule has 0 radical (unpaired) electrons. The highest BCUT2D eigenvalue weighted by molar-refractivity contribution is 5.77. The molecule has 4 heteroatoms. The second-order valence-electron chi connectivity index (χ2n) is 3.77. The molecule has 1 heterocycles. The van der Waals surface area contributed by atoms with Crippen LogP contribution in [-0.2, 0) is 4.74 Å². The Morgan fingerprint density at radius 1 is 1.50 bits per heavy atom. The van der Waals surface area contributed by atoms with Gasteiger partial charge in [-0.3, -0.25) is 4.90 Å². The van der Waals surface area contributed by atoms with E-state index >= 15 is 0 Å². The van der Waals surface area contributed by atoms with Crippen LogP contribution < -0.4 is 5.43 Å². The zero-order chi connectivity index (χ0) is 11.6. The topological polar surface area (TPSA) is 36.9 Å². The fourth-order valence-corrected chi connectivity index (χ4v) is 1.47. The summed E-state index contributed by atoms with van der Waals surface area (Å²) in [6, 6.07) is 0. The van der Waals surface area contributed by atoms with Gasteiger partial charge in [0.05, 0.1) is 13.2 Å². The van der Waals surface area contributed by atoms with Gasteiger partial charge in [-0.25, -0.2) is 0 Å². The van der Waals surface area contributed by atoms with Crippen molar-refractivity contribution in [2.75, 3.05) is 39.4 Å². The average molecular weight is 223 g/mol. The summed E-state index contributed by atoms with van der Waals surface area (Å²) in [5.41, 5.74) is 4.13. The summed E-state index contributed by atoms with van der Waals surface area (Å²) in [4.78, 5) is 2.37. The monoisotopic (exact) mass is 223 g/mol. The third-order valence-electron chi connectivity index (χ3n) is 2.38. The number of hydrogen-bond donors (Lipinski definition) is 1. The Morgan fingerprint density at radius 3 is 2.94 bits per heavy atom. The van der Waals surface area contributed by atoms with Gasteiger partial charge in [-0.2, -0.15) is 5.10 Å². The molecule has 4 nitrogen and oxygen atoms in total. The second-order valence-corrected chi connectivity index (χ2v) is 3.77. The molecule has 1 aliphatic heterocycles. The predicted octanol–water partition coefficient (Wildman–Crippen LogP) is 1.03. The standard InChI is InChI=1S/C12H21N3O/c1-3-4-12(2)11-14-13-5-6-15-7-9-16-10-8-15/h3-4,11,13H,1,5-10H2,2H3/b12-4-,14-11-. The molecule has 16 heavy (non-hydrogen) atoms. The van der Waals surface area contributed by atoms with Gasteiger partial charge in [0.25, 0.3) is 0 Å². The molecule has 0 aromatic heterocycles. The lowest BCUT2D eigenvalue weighted by molar-refractivity contribution is 0.0385. The molecule has 1 aliphatic rings. The van der Waals surface area contributed by atoms with Crippen molar-refractivity contribution in [1.82, 2.24) is 10.3 Å². The Bertz CT molecular complexity index is 255. The van der Waals surface area contributed by atoms with E-state index in [9.17, 15) is 0 Å². The van der Waals surface area contributed by atoms with Crippen LogP contribution in [0.5, 0.6) is 0 Å². The molecule has 0 bridgehead atoms. The van der Waals surface area contributed by atoms with Crippen LogP contribution in [0.1, 0.15) is 6.92 Å². The molecule has 1 fully saturated rings. The first-order valence-electron chi connectivity index (χ1n) is 5.68. The van der Waals surface area contributed by atoms with Crippen molar-refractivity contribution in [3.05, 3.63) is 24.3 Å². The van der Waals surface area contributed by atoms with Crippen LogP contribution in [0.15, 0.2) is 29.4 Å². The fourth-order valence-electron chi connectivity index (χ4n) is 1.47. The third-order valence-corrected chi connectivity index (χ3v) is 2.38. The van der Waals surface area contributed by atoms with E-state index in [4.69, 9.17) is 4.74 Å². The Hall–Kier alpha value is -1.13.